The fourth-order valence-electron chi connectivity index (χ4n) is 15.1. The Morgan fingerprint density at radius 2 is 0.970 bits per heavy atom. The van der Waals surface area contributed by atoms with Gasteiger partial charge in [-0.15, -0.1) is 0 Å². The highest BCUT2D eigenvalue weighted by atomic mass is 16.7. The van der Waals surface area contributed by atoms with Crippen LogP contribution in [-0.2, 0) is 36.9 Å². The number of hydrogen-bond acceptors (Lipinski definition) is 18. The first kappa shape index (κ1) is 75.1. The number of unbranched alkanes of at least 4 members (excludes halogenated alkanes) is 1. The maximum Gasteiger partial charge on any atom is 0.308 e. The Morgan fingerprint density at radius 1 is 0.520 bits per heavy atom. The Morgan fingerprint density at radius 3 is 1.41 bits per heavy atom. The fourth-order valence-corrected chi connectivity index (χ4v) is 15.1. The van der Waals surface area contributed by atoms with Gasteiger partial charge in [-0.1, -0.05) is 74.0 Å². The summed E-state index contributed by atoms with van der Waals surface area (Å²) in [5, 5.41) is 38.9. The van der Waals surface area contributed by atoms with Crippen molar-refractivity contribution in [3.63, 3.8) is 0 Å². The fraction of sp³-hybridized carbons (Fsp3) is 0.468. The standard InChI is InChI=1S/C35H41N3O8.3C14H19NO3/c1-3-4-13-38(25-9-5-7-22(14-25)17-36)31(39)19-37-18-26(24-15-29(42-2)34-30(16-24)44-21-46-34)32(35(40)41)27(37)12-11-23-8-6-10-28-33(23)45-20-43-28;3*1-9-13(14(16)17)12(8-15(9)2)10-4-6-11(18-3)7-5-10/h5-10,14-16,26-27,32H,3-4,11-13,17-21,36H2,1-2H3,(H,40,41);3*4-7,9,12-13H,8H2,1-3H3,(H,16,17)/t26-,27+,32-;3*9-,12+,13-/m1000/s1. The minimum absolute atomic E-state index is 0.0495. The van der Waals surface area contributed by atoms with Gasteiger partial charge in [-0.3, -0.25) is 28.9 Å². The molecular weight excluding hydrogens is 1280 g/mol. The summed E-state index contributed by atoms with van der Waals surface area (Å²) in [4.78, 5) is 71.7. The van der Waals surface area contributed by atoms with E-state index in [4.69, 9.17) is 43.6 Å². The highest BCUT2D eigenvalue weighted by molar-refractivity contribution is 5.95. The molecule has 23 heteroatoms. The third-order valence-corrected chi connectivity index (χ3v) is 21.0. The second kappa shape index (κ2) is 34.3. The van der Waals surface area contributed by atoms with Crippen molar-refractivity contribution in [2.24, 2.45) is 29.4 Å². The summed E-state index contributed by atoms with van der Waals surface area (Å²) in [6.07, 6.45) is 2.82. The number of carbonyl (C=O) groups excluding carboxylic acids is 1. The number of aliphatic carboxylic acids is 4. The first-order chi connectivity index (χ1) is 48.0. The zero-order valence-electron chi connectivity index (χ0n) is 59.2. The number of likely N-dealkylation sites (N-methyl/N-ethyl adjacent to an activating group) is 3. The molecule has 0 aliphatic carbocycles. The topological polar surface area (TPSA) is 282 Å². The summed E-state index contributed by atoms with van der Waals surface area (Å²) in [6, 6.07) is 40.0. The molecular formula is C77H98N6O17. The number of nitrogens with zero attached hydrogens (tertiary/aromatic N) is 5. The van der Waals surface area contributed by atoms with Gasteiger partial charge in [-0.2, -0.15) is 0 Å². The maximum atomic E-state index is 14.2. The van der Waals surface area contributed by atoms with E-state index in [1.165, 1.54) is 0 Å². The van der Waals surface area contributed by atoms with Gasteiger partial charge in [0, 0.05) is 92.8 Å². The van der Waals surface area contributed by atoms with E-state index in [0.29, 0.717) is 61.2 Å². The van der Waals surface area contributed by atoms with Gasteiger partial charge in [0.05, 0.1) is 58.7 Å². The highest BCUT2D eigenvalue weighted by Crippen LogP contribution is 2.49. The molecule has 0 bridgehead atoms. The molecule has 0 unspecified atom stereocenters. The van der Waals surface area contributed by atoms with Crippen molar-refractivity contribution in [1.29, 1.82) is 0 Å². The number of rotatable bonds is 22. The van der Waals surface area contributed by atoms with Crippen molar-refractivity contribution >= 4 is 35.5 Å². The van der Waals surface area contributed by atoms with Crippen LogP contribution in [0.15, 0.2) is 127 Å². The van der Waals surface area contributed by atoms with Crippen molar-refractivity contribution in [1.82, 2.24) is 19.6 Å². The molecule has 0 aromatic heterocycles. The number of hydrogen-bond donors (Lipinski definition) is 5. The Hall–Kier alpha value is -9.13. The number of para-hydroxylation sites is 1. The lowest BCUT2D eigenvalue weighted by molar-refractivity contribution is -0.144. The summed E-state index contributed by atoms with van der Waals surface area (Å²) < 4.78 is 43.6. The van der Waals surface area contributed by atoms with Gasteiger partial charge >= 0.3 is 23.9 Å². The molecule has 0 spiro atoms. The summed E-state index contributed by atoms with van der Waals surface area (Å²) in [5.74, 6) is 0.0243. The molecule has 12 rings (SSSR count). The Balaban J connectivity index is 0.000000177. The average Bonchev–Trinajstić information content (AvgIpc) is 1.62. The molecule has 6 aliphatic heterocycles. The molecule has 6 heterocycles. The SMILES string of the molecule is CCCCN(C(=O)CN1C[C@H](c2cc(OC)c3c(c2)OCO3)[C@@H](C(=O)O)[C@@H]1CCc1cccc2c1OCO2)c1cccc(CN)c1.COc1ccc([C@H]2CN(C)[C@@H](C)[C@@H]2C(=O)O)cc1.COc1ccc([C@H]2CN(C)[C@@H](C)[C@@H]2C(=O)O)cc1.COc1ccc([C@H]2CN(C)[C@@H](C)[C@@H]2C(=O)O)cc1. The molecule has 12 atom stereocenters. The number of benzene rings is 6. The van der Waals surface area contributed by atoms with E-state index in [-0.39, 0.29) is 79.7 Å². The van der Waals surface area contributed by atoms with Crippen LogP contribution in [0.3, 0.4) is 0 Å². The van der Waals surface area contributed by atoms with E-state index < -0.39 is 41.8 Å². The first-order valence-electron chi connectivity index (χ1n) is 34.2. The lowest BCUT2D eigenvalue weighted by Gasteiger charge is -2.30. The quantitative estimate of drug-likeness (QED) is 0.0422. The van der Waals surface area contributed by atoms with Gasteiger partial charge in [-0.05, 0) is 161 Å². The van der Waals surface area contributed by atoms with Gasteiger partial charge in [0.15, 0.2) is 23.0 Å². The van der Waals surface area contributed by atoms with Crippen molar-refractivity contribution in [3.05, 3.63) is 161 Å². The molecule has 6 aromatic rings. The lowest BCUT2D eigenvalue weighted by atomic mass is 9.83. The van der Waals surface area contributed by atoms with Crippen LogP contribution in [0.4, 0.5) is 5.69 Å². The predicted molar refractivity (Wildman–Crippen MR) is 378 cm³/mol. The molecule has 1 amide bonds. The van der Waals surface area contributed by atoms with E-state index in [1.54, 1.807) is 28.4 Å². The maximum absolute atomic E-state index is 14.2. The van der Waals surface area contributed by atoms with Crippen molar-refractivity contribution in [3.8, 4) is 46.0 Å². The number of anilines is 1. The number of carboxylic acid groups (broad SMARTS) is 4. The number of aryl methyl sites for hydroxylation is 1. The summed E-state index contributed by atoms with van der Waals surface area (Å²) in [7, 11) is 12.4. The van der Waals surface area contributed by atoms with Gasteiger partial charge in [0.2, 0.25) is 25.2 Å². The number of likely N-dealkylation sites (tertiary alicyclic amines) is 4. The van der Waals surface area contributed by atoms with Gasteiger partial charge in [0.1, 0.15) is 17.2 Å². The van der Waals surface area contributed by atoms with E-state index in [0.717, 1.165) is 88.8 Å². The third kappa shape index (κ3) is 17.2. The van der Waals surface area contributed by atoms with Crippen LogP contribution in [0.5, 0.6) is 46.0 Å². The minimum Gasteiger partial charge on any atom is -0.497 e. The summed E-state index contributed by atoms with van der Waals surface area (Å²) >= 11 is 0. The molecule has 6 N–H and O–H groups in total. The van der Waals surface area contributed by atoms with E-state index in [1.807, 2.05) is 179 Å². The van der Waals surface area contributed by atoms with Gasteiger partial charge in [-0.25, -0.2) is 0 Å². The number of carbonyl (C=O) groups is 5. The van der Waals surface area contributed by atoms with Crippen LogP contribution in [0.1, 0.15) is 104 Å². The molecule has 0 radical (unpaired) electrons. The molecule has 100 heavy (non-hydrogen) atoms. The Kier molecular flexibility index (Phi) is 25.7. The number of methoxy groups -OCH3 is 4. The summed E-state index contributed by atoms with van der Waals surface area (Å²) in [6.45, 7) is 11.9. The number of carboxylic acids is 4. The number of amides is 1. The van der Waals surface area contributed by atoms with Crippen molar-refractivity contribution < 1.29 is 82.3 Å². The average molecular weight is 1380 g/mol. The Labute approximate surface area is 586 Å². The van der Waals surface area contributed by atoms with Crippen LogP contribution in [0, 0.1) is 23.7 Å². The number of ether oxygens (including phenoxy) is 8. The molecule has 6 aliphatic rings. The van der Waals surface area contributed by atoms with Crippen LogP contribution in [0.2, 0.25) is 0 Å². The van der Waals surface area contributed by atoms with Crippen LogP contribution >= 0.6 is 0 Å². The van der Waals surface area contributed by atoms with Crippen molar-refractivity contribution in [2.75, 3.05) is 107 Å². The largest absolute Gasteiger partial charge is 0.497 e. The molecule has 23 nitrogen and oxygen atoms in total. The van der Waals surface area contributed by atoms with Gasteiger partial charge in [0.25, 0.3) is 0 Å². The van der Waals surface area contributed by atoms with Crippen LogP contribution in [-0.4, -0.2) is 196 Å². The second-order valence-electron chi connectivity index (χ2n) is 26.7. The van der Waals surface area contributed by atoms with Crippen LogP contribution < -0.4 is 48.5 Å². The van der Waals surface area contributed by atoms with Gasteiger partial charge < -0.3 is 83.7 Å². The Bertz CT molecular complexity index is 3550. The van der Waals surface area contributed by atoms with Crippen LogP contribution in [0.25, 0.3) is 0 Å². The monoisotopic (exact) mass is 1380 g/mol. The summed E-state index contributed by atoms with van der Waals surface area (Å²) in [5.41, 5.74) is 12.6. The second-order valence-corrected chi connectivity index (χ2v) is 26.7. The zero-order chi connectivity index (χ0) is 72.1. The highest BCUT2D eigenvalue weighted by Gasteiger charge is 2.49. The molecule has 0 saturated carbocycles. The number of nitrogens with two attached hydrogens (primary N) is 1. The predicted octanol–water partition coefficient (Wildman–Crippen LogP) is 9.99. The van der Waals surface area contributed by atoms with E-state index in [9.17, 15) is 44.4 Å². The normalized spacial score (nSPS) is 24.4. The van der Waals surface area contributed by atoms with E-state index >= 15 is 0 Å². The first-order valence-corrected chi connectivity index (χ1v) is 34.2. The molecule has 538 valence electrons. The molecule has 4 saturated heterocycles. The van der Waals surface area contributed by atoms with Crippen molar-refractivity contribution in [2.45, 2.75) is 108 Å². The van der Waals surface area contributed by atoms with E-state index in [2.05, 4.69) is 21.6 Å². The molecule has 4 fully saturated rings. The number of fused-ring (bicyclic) bond motifs is 2. The minimum atomic E-state index is -0.919. The lowest BCUT2D eigenvalue weighted by Crippen LogP contribution is -2.44. The zero-order valence-corrected chi connectivity index (χ0v) is 59.2. The third-order valence-electron chi connectivity index (χ3n) is 21.0. The smallest absolute Gasteiger partial charge is 0.308 e. The molecule has 6 aromatic carbocycles.